The third-order valence-corrected chi connectivity index (χ3v) is 5.63. The van der Waals surface area contributed by atoms with Crippen LogP contribution in [-0.2, 0) is 30.4 Å². The summed E-state index contributed by atoms with van der Waals surface area (Å²) in [6.07, 6.45) is 0.250. The summed E-state index contributed by atoms with van der Waals surface area (Å²) in [4.78, 5) is 61.8. The molecule has 4 unspecified atom stereocenters. The van der Waals surface area contributed by atoms with Crippen molar-refractivity contribution in [3.63, 3.8) is 0 Å². The van der Waals surface area contributed by atoms with Gasteiger partial charge in [-0.15, -0.1) is 0 Å². The topological polar surface area (TPSA) is 179 Å². The SMILES string of the molecule is NC(Cc1ccccc1)C(=O)NC(CC(=O)O)C(=O)NC(CS)C(=O)N1CCCC1C(=O)O. The zero-order chi connectivity index (χ0) is 24.5. The van der Waals surface area contributed by atoms with Crippen LogP contribution in [0.3, 0.4) is 0 Å². The van der Waals surface area contributed by atoms with E-state index in [4.69, 9.17) is 5.73 Å². The lowest BCUT2D eigenvalue weighted by atomic mass is 10.1. The van der Waals surface area contributed by atoms with Crippen LogP contribution in [0.2, 0.25) is 0 Å². The summed E-state index contributed by atoms with van der Waals surface area (Å²) in [5.74, 6) is -4.89. The van der Waals surface area contributed by atoms with Crippen LogP contribution in [0.5, 0.6) is 0 Å². The van der Waals surface area contributed by atoms with Crippen LogP contribution in [0.15, 0.2) is 30.3 Å². The van der Waals surface area contributed by atoms with Crippen molar-refractivity contribution < 1.29 is 34.2 Å². The van der Waals surface area contributed by atoms with Crippen molar-refractivity contribution in [2.45, 2.75) is 49.9 Å². The molecule has 1 aromatic carbocycles. The van der Waals surface area contributed by atoms with Gasteiger partial charge in [-0.05, 0) is 24.8 Å². The number of rotatable bonds is 11. The zero-order valence-electron chi connectivity index (χ0n) is 17.8. The Bertz CT molecular complexity index is 883. The van der Waals surface area contributed by atoms with Gasteiger partial charge in [0.25, 0.3) is 0 Å². The van der Waals surface area contributed by atoms with Gasteiger partial charge in [0.1, 0.15) is 18.1 Å². The molecule has 0 bridgehead atoms. The molecular formula is C21H28N4O7S. The lowest BCUT2D eigenvalue weighted by molar-refractivity contribution is -0.149. The number of aliphatic carboxylic acids is 2. The number of carboxylic acid groups (broad SMARTS) is 2. The molecule has 0 saturated carbocycles. The number of nitrogens with two attached hydrogens (primary N) is 1. The van der Waals surface area contributed by atoms with Crippen molar-refractivity contribution >= 4 is 42.3 Å². The Kier molecular flexibility index (Phi) is 9.67. The summed E-state index contributed by atoms with van der Waals surface area (Å²) in [6.45, 7) is 0.222. The molecule has 2 rings (SSSR count). The van der Waals surface area contributed by atoms with Crippen molar-refractivity contribution in [1.29, 1.82) is 0 Å². The maximum atomic E-state index is 12.8. The van der Waals surface area contributed by atoms with E-state index in [0.29, 0.717) is 12.8 Å². The fourth-order valence-corrected chi connectivity index (χ4v) is 3.82. The van der Waals surface area contributed by atoms with Crippen molar-refractivity contribution in [2.75, 3.05) is 12.3 Å². The van der Waals surface area contributed by atoms with Gasteiger partial charge in [-0.25, -0.2) is 4.79 Å². The summed E-state index contributed by atoms with van der Waals surface area (Å²) in [5.41, 5.74) is 6.70. The fourth-order valence-electron chi connectivity index (χ4n) is 3.57. The number of carbonyl (C=O) groups excluding carboxylic acids is 3. The van der Waals surface area contributed by atoms with E-state index in [9.17, 15) is 34.2 Å². The molecule has 1 fully saturated rings. The Morgan fingerprint density at radius 1 is 1.06 bits per heavy atom. The molecule has 11 nitrogen and oxygen atoms in total. The highest BCUT2D eigenvalue weighted by Crippen LogP contribution is 2.19. The molecule has 3 amide bonds. The number of carboxylic acids is 2. The summed E-state index contributed by atoms with van der Waals surface area (Å²) in [7, 11) is 0. The number of nitrogens with one attached hydrogen (secondary N) is 2. The second-order valence-corrected chi connectivity index (χ2v) is 8.09. The van der Waals surface area contributed by atoms with Crippen LogP contribution in [0, 0.1) is 0 Å². The van der Waals surface area contributed by atoms with Crippen LogP contribution in [0.1, 0.15) is 24.8 Å². The Morgan fingerprint density at radius 3 is 2.27 bits per heavy atom. The first-order valence-electron chi connectivity index (χ1n) is 10.4. The fraction of sp³-hybridized carbons (Fsp3) is 0.476. The molecule has 0 aromatic heterocycles. The second kappa shape index (κ2) is 12.2. The first kappa shape index (κ1) is 26.1. The summed E-state index contributed by atoms with van der Waals surface area (Å²) >= 11 is 4.07. The Morgan fingerprint density at radius 2 is 1.70 bits per heavy atom. The van der Waals surface area contributed by atoms with Gasteiger partial charge in [0.05, 0.1) is 12.5 Å². The van der Waals surface area contributed by atoms with Crippen molar-refractivity contribution in [2.24, 2.45) is 5.73 Å². The summed E-state index contributed by atoms with van der Waals surface area (Å²) < 4.78 is 0. The third kappa shape index (κ3) is 7.46. The average molecular weight is 481 g/mol. The van der Waals surface area contributed by atoms with Crippen LogP contribution in [0.4, 0.5) is 0 Å². The van der Waals surface area contributed by atoms with E-state index in [1.165, 1.54) is 0 Å². The molecule has 1 aliphatic rings. The predicted molar refractivity (Wildman–Crippen MR) is 120 cm³/mol. The molecule has 180 valence electrons. The molecule has 4 atom stereocenters. The highest BCUT2D eigenvalue weighted by atomic mass is 32.1. The Balaban J connectivity index is 2.05. The van der Waals surface area contributed by atoms with Gasteiger partial charge in [0.15, 0.2) is 0 Å². The number of thiol groups is 1. The third-order valence-electron chi connectivity index (χ3n) is 5.27. The van der Waals surface area contributed by atoms with Gasteiger partial charge in [0, 0.05) is 12.3 Å². The molecule has 12 heteroatoms. The summed E-state index contributed by atoms with van der Waals surface area (Å²) in [5, 5.41) is 23.2. The van der Waals surface area contributed by atoms with Crippen molar-refractivity contribution in [1.82, 2.24) is 15.5 Å². The normalized spacial score (nSPS) is 18.1. The summed E-state index contributed by atoms with van der Waals surface area (Å²) in [6, 6.07) is 4.23. The van der Waals surface area contributed by atoms with Gasteiger partial charge >= 0.3 is 11.9 Å². The largest absolute Gasteiger partial charge is 0.481 e. The first-order valence-corrected chi connectivity index (χ1v) is 11.0. The molecule has 1 aliphatic heterocycles. The molecule has 1 saturated heterocycles. The number of amides is 3. The van der Waals surface area contributed by atoms with Gasteiger partial charge in [-0.3, -0.25) is 19.2 Å². The smallest absolute Gasteiger partial charge is 0.326 e. The van der Waals surface area contributed by atoms with Crippen LogP contribution < -0.4 is 16.4 Å². The average Bonchev–Trinajstić information content (AvgIpc) is 3.27. The lowest BCUT2D eigenvalue weighted by Crippen LogP contribution is -2.58. The standard InChI is InChI=1S/C21H28N4O7S/c22-13(9-12-5-2-1-3-6-12)18(28)23-14(10-17(26)27)19(29)24-15(11-33)20(30)25-8-4-7-16(25)21(31)32/h1-3,5-6,13-16,33H,4,7-11,22H2,(H,23,28)(H,24,29)(H,26,27)(H,31,32). The minimum Gasteiger partial charge on any atom is -0.481 e. The molecular weight excluding hydrogens is 452 g/mol. The molecule has 33 heavy (non-hydrogen) atoms. The van der Waals surface area contributed by atoms with Gasteiger partial charge < -0.3 is 31.5 Å². The van der Waals surface area contributed by atoms with E-state index in [-0.39, 0.29) is 18.7 Å². The van der Waals surface area contributed by atoms with Gasteiger partial charge in [0.2, 0.25) is 17.7 Å². The van der Waals surface area contributed by atoms with Gasteiger partial charge in [-0.2, -0.15) is 12.6 Å². The molecule has 0 radical (unpaired) electrons. The van der Waals surface area contributed by atoms with Crippen molar-refractivity contribution in [3.8, 4) is 0 Å². The number of carbonyl (C=O) groups is 5. The molecule has 0 aliphatic carbocycles. The quantitative estimate of drug-likeness (QED) is 0.218. The Hall–Kier alpha value is -3.12. The van der Waals surface area contributed by atoms with Crippen LogP contribution in [0.25, 0.3) is 0 Å². The lowest BCUT2D eigenvalue weighted by Gasteiger charge is -2.28. The second-order valence-electron chi connectivity index (χ2n) is 7.73. The number of hydrogen-bond acceptors (Lipinski definition) is 7. The molecule has 1 aromatic rings. The zero-order valence-corrected chi connectivity index (χ0v) is 18.7. The van der Waals surface area contributed by atoms with Crippen LogP contribution >= 0.6 is 12.6 Å². The number of nitrogens with zero attached hydrogens (tertiary/aromatic N) is 1. The van der Waals surface area contributed by atoms with Crippen LogP contribution in [-0.4, -0.2) is 81.2 Å². The highest BCUT2D eigenvalue weighted by Gasteiger charge is 2.38. The number of benzene rings is 1. The minimum absolute atomic E-state index is 0.144. The molecule has 6 N–H and O–H groups in total. The van der Waals surface area contributed by atoms with E-state index >= 15 is 0 Å². The van der Waals surface area contributed by atoms with E-state index in [1.807, 2.05) is 6.07 Å². The maximum Gasteiger partial charge on any atom is 0.326 e. The molecule has 0 spiro atoms. The first-order chi connectivity index (χ1) is 15.6. The Labute approximate surface area is 196 Å². The number of hydrogen-bond donors (Lipinski definition) is 6. The van der Waals surface area contributed by atoms with Crippen molar-refractivity contribution in [3.05, 3.63) is 35.9 Å². The number of likely N-dealkylation sites (tertiary alicyclic amines) is 1. The predicted octanol–water partition coefficient (Wildman–Crippen LogP) is -0.994. The van der Waals surface area contributed by atoms with E-state index in [1.54, 1.807) is 24.3 Å². The van der Waals surface area contributed by atoms with E-state index in [0.717, 1.165) is 10.5 Å². The minimum atomic E-state index is -1.49. The van der Waals surface area contributed by atoms with Gasteiger partial charge in [-0.1, -0.05) is 30.3 Å². The monoisotopic (exact) mass is 480 g/mol. The van der Waals surface area contributed by atoms with E-state index in [2.05, 4.69) is 23.3 Å². The molecule has 1 heterocycles. The van der Waals surface area contributed by atoms with E-state index < -0.39 is 60.2 Å². The maximum absolute atomic E-state index is 12.8. The highest BCUT2D eigenvalue weighted by molar-refractivity contribution is 7.80.